The summed E-state index contributed by atoms with van der Waals surface area (Å²) in [6.07, 6.45) is 0.839. The Morgan fingerprint density at radius 1 is 1.31 bits per heavy atom. The molecular formula is C20H19N5O2S2. The minimum Gasteiger partial charge on any atom is -0.325 e. The molecule has 29 heavy (non-hydrogen) atoms. The van der Waals surface area contributed by atoms with Crippen molar-refractivity contribution in [2.75, 3.05) is 11.1 Å². The average molecular weight is 426 g/mol. The third-order valence-corrected chi connectivity index (χ3v) is 6.31. The lowest BCUT2D eigenvalue weighted by molar-refractivity contribution is -0.113. The van der Waals surface area contributed by atoms with E-state index in [1.165, 1.54) is 16.3 Å². The lowest BCUT2D eigenvalue weighted by atomic mass is 10.1. The smallest absolute Gasteiger partial charge is 0.290 e. The first-order valence-electron chi connectivity index (χ1n) is 9.10. The highest BCUT2D eigenvalue weighted by Crippen LogP contribution is 2.26. The van der Waals surface area contributed by atoms with Crippen LogP contribution in [0, 0.1) is 6.92 Å². The van der Waals surface area contributed by atoms with Crippen LogP contribution in [-0.4, -0.2) is 31.5 Å². The molecule has 2 N–H and O–H groups in total. The molecule has 148 valence electrons. The molecule has 0 atom stereocenters. The third-order valence-electron chi connectivity index (χ3n) is 4.49. The van der Waals surface area contributed by atoms with E-state index in [1.807, 2.05) is 42.6 Å². The average Bonchev–Trinajstić information content (AvgIpc) is 3.39. The number of hydrogen-bond acceptors (Lipinski definition) is 6. The molecule has 4 rings (SSSR count). The number of hydrogen-bond donors (Lipinski definition) is 2. The molecule has 1 amide bonds. The quantitative estimate of drug-likeness (QED) is 0.459. The highest BCUT2D eigenvalue weighted by atomic mass is 32.2. The van der Waals surface area contributed by atoms with Gasteiger partial charge in [-0.25, -0.2) is 9.61 Å². The van der Waals surface area contributed by atoms with E-state index in [0.29, 0.717) is 16.4 Å². The molecule has 9 heteroatoms. The third kappa shape index (κ3) is 3.96. The SMILES string of the molecule is CCc1cccc(C)c1NC(=O)CSc1n[nH]c(=O)c2cc(-c3cccs3)nn12. The van der Waals surface area contributed by atoms with Gasteiger partial charge in [-0.1, -0.05) is 43.0 Å². The van der Waals surface area contributed by atoms with E-state index in [-0.39, 0.29) is 17.2 Å². The van der Waals surface area contributed by atoms with E-state index >= 15 is 0 Å². The van der Waals surface area contributed by atoms with Crippen LogP contribution < -0.4 is 10.9 Å². The Kier molecular flexibility index (Phi) is 5.50. The summed E-state index contributed by atoms with van der Waals surface area (Å²) in [7, 11) is 0. The molecule has 0 aliphatic carbocycles. The van der Waals surface area contributed by atoms with Crippen LogP contribution in [0.4, 0.5) is 5.69 Å². The molecule has 0 spiro atoms. The summed E-state index contributed by atoms with van der Waals surface area (Å²) in [6, 6.07) is 11.6. The van der Waals surface area contributed by atoms with Gasteiger partial charge in [-0.3, -0.25) is 9.59 Å². The number of aromatic amines is 1. The first-order valence-corrected chi connectivity index (χ1v) is 11.0. The molecule has 0 bridgehead atoms. The summed E-state index contributed by atoms with van der Waals surface area (Å²) < 4.78 is 1.50. The minimum atomic E-state index is -0.318. The fraction of sp³-hybridized carbons (Fsp3) is 0.200. The largest absolute Gasteiger partial charge is 0.325 e. The summed E-state index contributed by atoms with van der Waals surface area (Å²) in [5.41, 5.74) is 3.78. The van der Waals surface area contributed by atoms with Crippen molar-refractivity contribution in [1.29, 1.82) is 0 Å². The molecule has 4 aromatic rings. The molecule has 0 unspecified atom stereocenters. The van der Waals surface area contributed by atoms with Gasteiger partial charge in [-0.15, -0.1) is 16.4 Å². The molecule has 3 heterocycles. The summed E-state index contributed by atoms with van der Waals surface area (Å²) in [5, 5.41) is 16.5. The first-order chi connectivity index (χ1) is 14.1. The zero-order valence-electron chi connectivity index (χ0n) is 15.9. The van der Waals surface area contributed by atoms with Gasteiger partial charge < -0.3 is 5.32 Å². The van der Waals surface area contributed by atoms with Crippen LogP contribution >= 0.6 is 23.1 Å². The number of benzene rings is 1. The number of para-hydroxylation sites is 1. The molecule has 0 fully saturated rings. The molecule has 0 radical (unpaired) electrons. The maximum Gasteiger partial charge on any atom is 0.290 e. The highest BCUT2D eigenvalue weighted by Gasteiger charge is 2.15. The second-order valence-electron chi connectivity index (χ2n) is 6.44. The van der Waals surface area contributed by atoms with Crippen molar-refractivity contribution in [2.45, 2.75) is 25.4 Å². The van der Waals surface area contributed by atoms with Gasteiger partial charge in [0.2, 0.25) is 11.1 Å². The number of anilines is 1. The molecule has 0 saturated carbocycles. The molecule has 0 aliphatic heterocycles. The normalized spacial score (nSPS) is 11.1. The Morgan fingerprint density at radius 3 is 2.93 bits per heavy atom. The molecule has 7 nitrogen and oxygen atoms in total. The van der Waals surface area contributed by atoms with Gasteiger partial charge in [0.15, 0.2) is 0 Å². The maximum absolute atomic E-state index is 12.5. The number of carbonyl (C=O) groups excluding carboxylic acids is 1. The fourth-order valence-corrected chi connectivity index (χ4v) is 4.42. The Balaban J connectivity index is 1.55. The van der Waals surface area contributed by atoms with E-state index in [9.17, 15) is 9.59 Å². The Bertz CT molecular complexity index is 1230. The van der Waals surface area contributed by atoms with Gasteiger partial charge in [-0.05, 0) is 42.0 Å². The number of aryl methyl sites for hydroxylation is 2. The number of thiophene rings is 1. The van der Waals surface area contributed by atoms with Crippen LogP contribution in [0.25, 0.3) is 16.1 Å². The van der Waals surface area contributed by atoms with Crippen LogP contribution in [0.3, 0.4) is 0 Å². The number of nitrogens with one attached hydrogen (secondary N) is 2. The van der Waals surface area contributed by atoms with Crippen LogP contribution in [0.1, 0.15) is 18.1 Å². The second-order valence-corrected chi connectivity index (χ2v) is 8.33. The Morgan fingerprint density at radius 2 is 2.17 bits per heavy atom. The number of amides is 1. The summed E-state index contributed by atoms with van der Waals surface area (Å²) >= 11 is 2.77. The number of H-pyrrole nitrogens is 1. The summed E-state index contributed by atoms with van der Waals surface area (Å²) in [4.78, 5) is 25.6. The Labute approximate surface area is 175 Å². The monoisotopic (exact) mass is 425 g/mol. The fourth-order valence-electron chi connectivity index (χ4n) is 3.04. The van der Waals surface area contributed by atoms with Crippen molar-refractivity contribution in [3.05, 3.63) is 63.3 Å². The number of fused-ring (bicyclic) bond motifs is 1. The number of carbonyl (C=O) groups is 1. The summed E-state index contributed by atoms with van der Waals surface area (Å²) in [6.45, 7) is 4.04. The van der Waals surface area contributed by atoms with Crippen molar-refractivity contribution >= 4 is 40.2 Å². The number of nitrogens with zero attached hydrogens (tertiary/aromatic N) is 3. The topological polar surface area (TPSA) is 92.1 Å². The highest BCUT2D eigenvalue weighted by molar-refractivity contribution is 7.99. The zero-order valence-corrected chi connectivity index (χ0v) is 17.6. The first kappa shape index (κ1) is 19.4. The van der Waals surface area contributed by atoms with Gasteiger partial charge in [0.05, 0.1) is 10.6 Å². The van der Waals surface area contributed by atoms with Crippen LogP contribution in [0.5, 0.6) is 0 Å². The molecule has 1 aromatic carbocycles. The lowest BCUT2D eigenvalue weighted by Gasteiger charge is -2.12. The Hall–Kier alpha value is -2.91. The van der Waals surface area contributed by atoms with Crippen molar-refractivity contribution in [1.82, 2.24) is 19.8 Å². The van der Waals surface area contributed by atoms with Crippen LogP contribution in [0.2, 0.25) is 0 Å². The predicted molar refractivity (Wildman–Crippen MR) is 117 cm³/mol. The van der Waals surface area contributed by atoms with Gasteiger partial charge in [0.25, 0.3) is 5.56 Å². The standard InChI is InChI=1S/C20H19N5O2S2/c1-3-13-7-4-6-12(2)18(13)21-17(26)11-29-20-23-22-19(27)15-10-14(24-25(15)20)16-8-5-9-28-16/h4-10H,3,11H2,1-2H3,(H,21,26)(H,22,27). The van der Waals surface area contributed by atoms with Gasteiger partial charge in [-0.2, -0.15) is 5.10 Å². The molecule has 3 aromatic heterocycles. The number of thioether (sulfide) groups is 1. The van der Waals surface area contributed by atoms with E-state index in [0.717, 1.165) is 28.1 Å². The second kappa shape index (κ2) is 8.22. The maximum atomic E-state index is 12.5. The van der Waals surface area contributed by atoms with E-state index in [2.05, 4.69) is 27.5 Å². The lowest BCUT2D eigenvalue weighted by Crippen LogP contribution is -2.18. The van der Waals surface area contributed by atoms with Crippen LogP contribution in [0.15, 0.2) is 51.7 Å². The van der Waals surface area contributed by atoms with Crippen LogP contribution in [-0.2, 0) is 11.2 Å². The van der Waals surface area contributed by atoms with Gasteiger partial charge in [0.1, 0.15) is 11.2 Å². The zero-order chi connectivity index (χ0) is 20.4. The van der Waals surface area contributed by atoms with Crippen molar-refractivity contribution < 1.29 is 4.79 Å². The van der Waals surface area contributed by atoms with Crippen molar-refractivity contribution in [2.24, 2.45) is 0 Å². The molecular weight excluding hydrogens is 406 g/mol. The predicted octanol–water partition coefficient (Wildman–Crippen LogP) is 3.75. The summed E-state index contributed by atoms with van der Waals surface area (Å²) in [5.74, 6) is 0.0191. The van der Waals surface area contributed by atoms with Gasteiger partial charge in [0, 0.05) is 5.69 Å². The number of rotatable bonds is 6. The van der Waals surface area contributed by atoms with E-state index in [1.54, 1.807) is 17.4 Å². The molecule has 0 saturated heterocycles. The van der Waals surface area contributed by atoms with Gasteiger partial charge >= 0.3 is 0 Å². The van der Waals surface area contributed by atoms with Crippen molar-refractivity contribution in [3.8, 4) is 10.6 Å². The minimum absolute atomic E-state index is 0.134. The molecule has 0 aliphatic rings. The van der Waals surface area contributed by atoms with E-state index < -0.39 is 0 Å². The van der Waals surface area contributed by atoms with Crippen molar-refractivity contribution in [3.63, 3.8) is 0 Å². The number of aromatic nitrogens is 4. The van der Waals surface area contributed by atoms with E-state index in [4.69, 9.17) is 0 Å².